The predicted octanol–water partition coefficient (Wildman–Crippen LogP) is 1.72. The zero-order valence-electron chi connectivity index (χ0n) is 15.0. The Morgan fingerprint density at radius 1 is 0.963 bits per heavy atom. The third-order valence-corrected chi connectivity index (χ3v) is 6.23. The Hall–Kier alpha value is -2.23. The predicted molar refractivity (Wildman–Crippen MR) is 105 cm³/mol. The lowest BCUT2D eigenvalue weighted by Gasteiger charge is -2.18. The number of sulfonamides is 1. The summed E-state index contributed by atoms with van der Waals surface area (Å²) in [6, 6.07) is 13.3. The summed E-state index contributed by atoms with van der Waals surface area (Å²) in [5.41, 5.74) is 1.50. The molecule has 2 rings (SSSR count). The first-order valence-electron chi connectivity index (χ1n) is 8.19. The van der Waals surface area contributed by atoms with E-state index in [1.165, 1.54) is 12.1 Å². The van der Waals surface area contributed by atoms with Gasteiger partial charge in [-0.2, -0.15) is 4.72 Å². The Morgan fingerprint density at radius 2 is 1.56 bits per heavy atom. The molecule has 2 aromatic rings. The fraction of sp³-hybridized carbons (Fsp3) is 0.278. The van der Waals surface area contributed by atoms with Gasteiger partial charge in [0.15, 0.2) is 0 Å². The smallest absolute Gasteiger partial charge is 0.242 e. The van der Waals surface area contributed by atoms with Crippen molar-refractivity contribution in [1.82, 2.24) is 4.72 Å². The Morgan fingerprint density at radius 3 is 2.11 bits per heavy atom. The van der Waals surface area contributed by atoms with Crippen LogP contribution >= 0.6 is 0 Å². The van der Waals surface area contributed by atoms with Crippen LogP contribution in [0.3, 0.4) is 0 Å². The SMILES string of the molecule is Cc1ccc(NC(=O)[C@@H](CCS(C)(=O)=O)NS(=O)(=O)c2ccccc2)cc1. The van der Waals surface area contributed by atoms with Gasteiger partial charge in [-0.25, -0.2) is 16.8 Å². The van der Waals surface area contributed by atoms with Crippen LogP contribution < -0.4 is 10.0 Å². The summed E-state index contributed by atoms with van der Waals surface area (Å²) < 4.78 is 50.3. The van der Waals surface area contributed by atoms with Gasteiger partial charge in [-0.05, 0) is 37.6 Å². The largest absolute Gasteiger partial charge is 0.325 e. The molecule has 1 atom stereocenters. The molecule has 2 aromatic carbocycles. The van der Waals surface area contributed by atoms with E-state index < -0.39 is 31.8 Å². The van der Waals surface area contributed by atoms with Crippen LogP contribution in [0, 0.1) is 6.92 Å². The van der Waals surface area contributed by atoms with Crippen molar-refractivity contribution < 1.29 is 21.6 Å². The molecular weight excluding hydrogens is 388 g/mol. The number of hydrogen-bond acceptors (Lipinski definition) is 5. The minimum atomic E-state index is -3.98. The zero-order chi connectivity index (χ0) is 20.1. The molecule has 0 aliphatic heterocycles. The molecule has 2 N–H and O–H groups in total. The molecule has 27 heavy (non-hydrogen) atoms. The molecule has 146 valence electrons. The van der Waals surface area contributed by atoms with Crippen molar-refractivity contribution in [1.29, 1.82) is 0 Å². The van der Waals surface area contributed by atoms with Gasteiger partial charge in [-0.3, -0.25) is 4.79 Å². The zero-order valence-corrected chi connectivity index (χ0v) is 16.7. The molecule has 0 bridgehead atoms. The van der Waals surface area contributed by atoms with Gasteiger partial charge in [0.1, 0.15) is 15.9 Å². The van der Waals surface area contributed by atoms with Gasteiger partial charge in [0.05, 0.1) is 10.6 Å². The van der Waals surface area contributed by atoms with Crippen LogP contribution in [0.1, 0.15) is 12.0 Å². The standard InChI is InChI=1S/C18H22N2O5S2/c1-14-8-10-15(11-9-14)19-18(21)17(12-13-26(2,22)23)20-27(24,25)16-6-4-3-5-7-16/h3-11,17,20H,12-13H2,1-2H3,(H,19,21)/t17-/m1/s1. The number of benzene rings is 2. The van der Waals surface area contributed by atoms with E-state index in [0.717, 1.165) is 11.8 Å². The van der Waals surface area contributed by atoms with E-state index >= 15 is 0 Å². The highest BCUT2D eigenvalue weighted by Gasteiger charge is 2.26. The quantitative estimate of drug-likeness (QED) is 0.689. The van der Waals surface area contributed by atoms with E-state index in [4.69, 9.17) is 0 Å². The number of nitrogens with one attached hydrogen (secondary N) is 2. The second-order valence-corrected chi connectivity index (χ2v) is 10.2. The van der Waals surface area contributed by atoms with Gasteiger partial charge >= 0.3 is 0 Å². The highest BCUT2D eigenvalue weighted by atomic mass is 32.2. The van der Waals surface area contributed by atoms with Gasteiger partial charge < -0.3 is 5.32 Å². The molecular formula is C18H22N2O5S2. The van der Waals surface area contributed by atoms with Crippen LogP contribution in [0.5, 0.6) is 0 Å². The second-order valence-electron chi connectivity index (χ2n) is 6.26. The third kappa shape index (κ3) is 6.78. The summed E-state index contributed by atoms with van der Waals surface area (Å²) in [6.07, 6.45) is 0.857. The van der Waals surface area contributed by atoms with Crippen molar-refractivity contribution in [3.05, 3.63) is 60.2 Å². The van der Waals surface area contributed by atoms with E-state index in [1.807, 2.05) is 6.92 Å². The van der Waals surface area contributed by atoms with Crippen LogP contribution in [-0.4, -0.2) is 40.8 Å². The third-order valence-electron chi connectivity index (χ3n) is 3.76. The summed E-state index contributed by atoms with van der Waals surface area (Å²) in [6.45, 7) is 1.90. The number of hydrogen-bond donors (Lipinski definition) is 2. The summed E-state index contributed by atoms with van der Waals surface area (Å²) in [5.74, 6) is -0.946. The van der Waals surface area contributed by atoms with E-state index in [0.29, 0.717) is 5.69 Å². The Balaban J connectivity index is 2.22. The maximum absolute atomic E-state index is 12.6. The van der Waals surface area contributed by atoms with Crippen molar-refractivity contribution >= 4 is 31.5 Å². The molecule has 0 saturated carbocycles. The maximum atomic E-state index is 12.6. The Kier molecular flexibility index (Phi) is 6.74. The van der Waals surface area contributed by atoms with E-state index in [9.17, 15) is 21.6 Å². The molecule has 0 radical (unpaired) electrons. The molecule has 0 spiro atoms. The first-order chi connectivity index (χ1) is 12.6. The topological polar surface area (TPSA) is 109 Å². The number of aryl methyl sites for hydroxylation is 1. The molecule has 0 saturated heterocycles. The first-order valence-corrected chi connectivity index (χ1v) is 11.7. The van der Waals surface area contributed by atoms with Crippen LogP contribution in [0.4, 0.5) is 5.69 Å². The van der Waals surface area contributed by atoms with E-state index in [-0.39, 0.29) is 17.1 Å². The molecule has 0 aliphatic rings. The van der Waals surface area contributed by atoms with E-state index in [1.54, 1.807) is 42.5 Å². The number of carbonyl (C=O) groups is 1. The minimum Gasteiger partial charge on any atom is -0.325 e. The number of rotatable bonds is 8. The molecule has 0 unspecified atom stereocenters. The van der Waals surface area contributed by atoms with Crippen molar-refractivity contribution in [2.45, 2.75) is 24.3 Å². The minimum absolute atomic E-state index is 0.00232. The number of carbonyl (C=O) groups excluding carboxylic acids is 1. The van der Waals surface area contributed by atoms with Crippen LogP contribution in [0.2, 0.25) is 0 Å². The monoisotopic (exact) mass is 410 g/mol. The van der Waals surface area contributed by atoms with Crippen molar-refractivity contribution in [2.75, 3.05) is 17.3 Å². The molecule has 7 nitrogen and oxygen atoms in total. The Bertz CT molecular complexity index is 986. The summed E-state index contributed by atoms with van der Waals surface area (Å²) >= 11 is 0. The second kappa shape index (κ2) is 8.64. The summed E-state index contributed by atoms with van der Waals surface area (Å²) in [4.78, 5) is 12.6. The normalized spacial score (nSPS) is 13.1. The van der Waals surface area contributed by atoms with Gasteiger partial charge in [-0.15, -0.1) is 0 Å². The average Bonchev–Trinajstić information content (AvgIpc) is 2.60. The van der Waals surface area contributed by atoms with E-state index in [2.05, 4.69) is 10.0 Å². The van der Waals surface area contributed by atoms with Crippen molar-refractivity contribution in [3.63, 3.8) is 0 Å². The summed E-state index contributed by atoms with van der Waals surface area (Å²) in [7, 11) is -7.34. The van der Waals surface area contributed by atoms with Gasteiger partial charge in [0.2, 0.25) is 15.9 Å². The fourth-order valence-electron chi connectivity index (χ4n) is 2.30. The fourth-order valence-corrected chi connectivity index (χ4v) is 4.21. The van der Waals surface area contributed by atoms with Crippen LogP contribution in [0.15, 0.2) is 59.5 Å². The molecule has 9 heteroatoms. The molecule has 0 heterocycles. The molecule has 1 amide bonds. The lowest BCUT2D eigenvalue weighted by atomic mass is 10.2. The first kappa shape index (κ1) is 21.1. The Labute approximate surface area is 159 Å². The van der Waals surface area contributed by atoms with Gasteiger partial charge in [0.25, 0.3) is 0 Å². The lowest BCUT2D eigenvalue weighted by Crippen LogP contribution is -2.44. The number of sulfone groups is 1. The number of anilines is 1. The molecule has 0 aromatic heterocycles. The van der Waals surface area contributed by atoms with Crippen molar-refractivity contribution in [3.8, 4) is 0 Å². The highest BCUT2D eigenvalue weighted by molar-refractivity contribution is 7.90. The molecule has 0 aliphatic carbocycles. The lowest BCUT2D eigenvalue weighted by molar-refractivity contribution is -0.117. The highest BCUT2D eigenvalue weighted by Crippen LogP contribution is 2.13. The van der Waals surface area contributed by atoms with Crippen LogP contribution in [-0.2, 0) is 24.7 Å². The molecule has 0 fully saturated rings. The number of amides is 1. The van der Waals surface area contributed by atoms with Crippen LogP contribution in [0.25, 0.3) is 0 Å². The average molecular weight is 411 g/mol. The van der Waals surface area contributed by atoms with Crippen molar-refractivity contribution in [2.24, 2.45) is 0 Å². The maximum Gasteiger partial charge on any atom is 0.242 e. The van der Waals surface area contributed by atoms with Gasteiger partial charge in [-0.1, -0.05) is 35.9 Å². The summed E-state index contributed by atoms with van der Waals surface area (Å²) in [5, 5.41) is 2.62. The van der Waals surface area contributed by atoms with Gasteiger partial charge in [0, 0.05) is 11.9 Å².